The molecule has 1 aromatic carbocycles. The maximum absolute atomic E-state index is 12.2. The molecule has 1 aromatic heterocycles. The Hall–Kier alpha value is -2.30. The van der Waals surface area contributed by atoms with Crippen LogP contribution in [0.4, 0.5) is 11.4 Å². The second kappa shape index (κ2) is 6.22. The van der Waals surface area contributed by atoms with Gasteiger partial charge in [-0.15, -0.1) is 0 Å². The van der Waals surface area contributed by atoms with Gasteiger partial charge in [0.1, 0.15) is 0 Å². The molecule has 2 heterocycles. The number of carbonyl (C=O) groups excluding carboxylic acids is 1. The summed E-state index contributed by atoms with van der Waals surface area (Å²) in [6, 6.07) is 9.85. The Morgan fingerprint density at radius 2 is 1.82 bits per heavy atom. The van der Waals surface area contributed by atoms with Crippen LogP contribution in [0.1, 0.15) is 35.4 Å². The molecule has 5 nitrogen and oxygen atoms in total. The molecule has 0 unspecified atom stereocenters. The molecule has 116 valence electrons. The van der Waals surface area contributed by atoms with Crippen molar-refractivity contribution in [1.29, 1.82) is 0 Å². The molecule has 2 aromatic rings. The number of nitrogens with one attached hydrogen (secondary N) is 1. The van der Waals surface area contributed by atoms with Crippen molar-refractivity contribution in [2.45, 2.75) is 26.2 Å². The molecule has 0 bridgehead atoms. The lowest BCUT2D eigenvalue weighted by molar-refractivity contribution is 0.102. The number of anilines is 2. The first-order chi connectivity index (χ1) is 10.6. The van der Waals surface area contributed by atoms with Crippen molar-refractivity contribution in [2.24, 2.45) is 7.05 Å². The Morgan fingerprint density at radius 1 is 1.14 bits per heavy atom. The average Bonchev–Trinajstić information content (AvgIpc) is 2.88. The van der Waals surface area contributed by atoms with Crippen LogP contribution in [0.15, 0.2) is 30.3 Å². The predicted molar refractivity (Wildman–Crippen MR) is 88.4 cm³/mol. The van der Waals surface area contributed by atoms with E-state index in [0.29, 0.717) is 5.69 Å². The lowest BCUT2D eigenvalue weighted by Gasteiger charge is -2.28. The highest BCUT2D eigenvalue weighted by molar-refractivity contribution is 6.03. The van der Waals surface area contributed by atoms with Crippen molar-refractivity contribution in [2.75, 3.05) is 23.3 Å². The van der Waals surface area contributed by atoms with Crippen LogP contribution in [0.25, 0.3) is 0 Å². The topological polar surface area (TPSA) is 50.2 Å². The van der Waals surface area contributed by atoms with Crippen molar-refractivity contribution in [1.82, 2.24) is 9.78 Å². The van der Waals surface area contributed by atoms with Crippen LogP contribution < -0.4 is 10.2 Å². The quantitative estimate of drug-likeness (QED) is 0.947. The van der Waals surface area contributed by atoms with E-state index in [9.17, 15) is 4.79 Å². The second-order valence-electron chi connectivity index (χ2n) is 5.84. The Morgan fingerprint density at radius 3 is 2.41 bits per heavy atom. The first-order valence-electron chi connectivity index (χ1n) is 7.80. The first kappa shape index (κ1) is 14.6. The number of rotatable bonds is 3. The van der Waals surface area contributed by atoms with Gasteiger partial charge in [0.2, 0.25) is 0 Å². The van der Waals surface area contributed by atoms with Crippen LogP contribution in [0, 0.1) is 6.92 Å². The monoisotopic (exact) mass is 298 g/mol. The molecule has 3 rings (SSSR count). The molecule has 0 saturated carbocycles. The molecule has 0 radical (unpaired) electrons. The Labute approximate surface area is 130 Å². The van der Waals surface area contributed by atoms with Gasteiger partial charge in [-0.05, 0) is 56.5 Å². The fourth-order valence-corrected chi connectivity index (χ4v) is 2.77. The minimum absolute atomic E-state index is 0.172. The summed E-state index contributed by atoms with van der Waals surface area (Å²) in [7, 11) is 1.83. The molecule has 0 spiro atoms. The standard InChI is InChI=1S/C17H22N4O/c1-13-12-16(19-20(13)2)17(22)18-14-6-8-15(9-7-14)21-10-4-3-5-11-21/h6-9,12H,3-5,10-11H2,1-2H3,(H,18,22). The Balaban J connectivity index is 1.66. The molecule has 1 aliphatic rings. The summed E-state index contributed by atoms with van der Waals surface area (Å²) in [6.07, 6.45) is 3.85. The number of piperidine rings is 1. The molecule has 0 atom stereocenters. The number of nitrogens with zero attached hydrogens (tertiary/aromatic N) is 3. The van der Waals surface area contributed by atoms with Gasteiger partial charge < -0.3 is 10.2 Å². The highest BCUT2D eigenvalue weighted by Gasteiger charge is 2.13. The third-order valence-electron chi connectivity index (χ3n) is 4.19. The van der Waals surface area contributed by atoms with Crippen molar-refractivity contribution in [3.63, 3.8) is 0 Å². The van der Waals surface area contributed by atoms with Crippen LogP contribution >= 0.6 is 0 Å². The predicted octanol–water partition coefficient (Wildman–Crippen LogP) is 2.97. The van der Waals surface area contributed by atoms with E-state index in [-0.39, 0.29) is 5.91 Å². The van der Waals surface area contributed by atoms with E-state index in [2.05, 4.69) is 27.4 Å². The lowest BCUT2D eigenvalue weighted by atomic mass is 10.1. The van der Waals surface area contributed by atoms with E-state index in [0.717, 1.165) is 24.5 Å². The first-order valence-corrected chi connectivity index (χ1v) is 7.80. The van der Waals surface area contributed by atoms with E-state index >= 15 is 0 Å². The molecule has 22 heavy (non-hydrogen) atoms. The molecule has 1 N–H and O–H groups in total. The third-order valence-corrected chi connectivity index (χ3v) is 4.19. The maximum Gasteiger partial charge on any atom is 0.276 e. The van der Waals surface area contributed by atoms with E-state index in [1.807, 2.05) is 26.1 Å². The minimum atomic E-state index is -0.172. The minimum Gasteiger partial charge on any atom is -0.372 e. The number of carbonyl (C=O) groups is 1. The van der Waals surface area contributed by atoms with Gasteiger partial charge in [-0.25, -0.2) is 0 Å². The molecule has 5 heteroatoms. The normalized spacial score (nSPS) is 14.9. The van der Waals surface area contributed by atoms with E-state index < -0.39 is 0 Å². The SMILES string of the molecule is Cc1cc(C(=O)Nc2ccc(N3CCCCC3)cc2)nn1C. The molecule has 0 aliphatic carbocycles. The molecule has 1 fully saturated rings. The van der Waals surface area contributed by atoms with E-state index in [1.165, 1.54) is 24.9 Å². The van der Waals surface area contributed by atoms with Crippen molar-refractivity contribution < 1.29 is 4.79 Å². The molecular formula is C17H22N4O. The molecular weight excluding hydrogens is 276 g/mol. The van der Waals surface area contributed by atoms with Gasteiger partial charge in [-0.1, -0.05) is 0 Å². The van der Waals surface area contributed by atoms with Crippen molar-refractivity contribution in [3.8, 4) is 0 Å². The molecule has 1 amide bonds. The average molecular weight is 298 g/mol. The van der Waals surface area contributed by atoms with Gasteiger partial charge in [0.25, 0.3) is 5.91 Å². The number of hydrogen-bond donors (Lipinski definition) is 1. The smallest absolute Gasteiger partial charge is 0.276 e. The number of hydrogen-bond acceptors (Lipinski definition) is 3. The summed E-state index contributed by atoms with van der Waals surface area (Å²) < 4.78 is 1.70. The van der Waals surface area contributed by atoms with Crippen LogP contribution in [-0.2, 0) is 7.05 Å². The summed E-state index contributed by atoms with van der Waals surface area (Å²) in [5.41, 5.74) is 3.44. The molecule has 1 saturated heterocycles. The lowest BCUT2D eigenvalue weighted by Crippen LogP contribution is -2.29. The fraction of sp³-hybridized carbons (Fsp3) is 0.412. The van der Waals surface area contributed by atoms with Gasteiger partial charge in [-0.2, -0.15) is 5.10 Å². The van der Waals surface area contributed by atoms with Gasteiger partial charge in [0.05, 0.1) is 0 Å². The summed E-state index contributed by atoms with van der Waals surface area (Å²) in [4.78, 5) is 14.6. The summed E-state index contributed by atoms with van der Waals surface area (Å²) in [6.45, 7) is 4.18. The Kier molecular flexibility index (Phi) is 4.13. The Bertz CT molecular complexity index is 634. The van der Waals surface area contributed by atoms with Crippen LogP contribution in [0.2, 0.25) is 0 Å². The fourth-order valence-electron chi connectivity index (χ4n) is 2.77. The summed E-state index contributed by atoms with van der Waals surface area (Å²) in [5.74, 6) is -0.172. The van der Waals surface area contributed by atoms with Crippen molar-refractivity contribution >= 4 is 17.3 Å². The number of aromatic nitrogens is 2. The largest absolute Gasteiger partial charge is 0.372 e. The summed E-state index contributed by atoms with van der Waals surface area (Å²) >= 11 is 0. The van der Waals surface area contributed by atoms with Gasteiger partial charge in [0.15, 0.2) is 5.69 Å². The zero-order chi connectivity index (χ0) is 15.5. The number of amides is 1. The second-order valence-corrected chi connectivity index (χ2v) is 5.84. The van der Waals surface area contributed by atoms with Gasteiger partial charge in [0, 0.05) is 37.2 Å². The van der Waals surface area contributed by atoms with Gasteiger partial charge >= 0.3 is 0 Å². The number of aryl methyl sites for hydroxylation is 2. The zero-order valence-corrected chi connectivity index (χ0v) is 13.2. The zero-order valence-electron chi connectivity index (χ0n) is 13.2. The van der Waals surface area contributed by atoms with Gasteiger partial charge in [-0.3, -0.25) is 9.48 Å². The number of benzene rings is 1. The maximum atomic E-state index is 12.2. The van der Waals surface area contributed by atoms with E-state index in [1.54, 1.807) is 10.7 Å². The van der Waals surface area contributed by atoms with E-state index in [4.69, 9.17) is 0 Å². The highest BCUT2D eigenvalue weighted by Crippen LogP contribution is 2.22. The highest BCUT2D eigenvalue weighted by atomic mass is 16.1. The molecule has 1 aliphatic heterocycles. The van der Waals surface area contributed by atoms with Crippen molar-refractivity contribution in [3.05, 3.63) is 41.7 Å². The third kappa shape index (κ3) is 3.13. The summed E-state index contributed by atoms with van der Waals surface area (Å²) in [5, 5.41) is 7.09. The van der Waals surface area contributed by atoms with Crippen LogP contribution in [-0.4, -0.2) is 28.8 Å². The van der Waals surface area contributed by atoms with Crippen LogP contribution in [0.5, 0.6) is 0 Å². The van der Waals surface area contributed by atoms with Crippen LogP contribution in [0.3, 0.4) is 0 Å².